The van der Waals surface area contributed by atoms with Gasteiger partial charge in [0.2, 0.25) is 26.0 Å². The van der Waals surface area contributed by atoms with Gasteiger partial charge in [0, 0.05) is 35.1 Å². The van der Waals surface area contributed by atoms with Crippen molar-refractivity contribution in [3.8, 4) is 0 Å². The van der Waals surface area contributed by atoms with Gasteiger partial charge in [0.05, 0.1) is 9.79 Å². The molecule has 2 atom stereocenters. The van der Waals surface area contributed by atoms with E-state index in [1.54, 1.807) is 12.2 Å². The second-order valence-corrected chi connectivity index (χ2v) is 12.4. The van der Waals surface area contributed by atoms with E-state index in [-0.39, 0.29) is 29.2 Å². The van der Waals surface area contributed by atoms with Crippen molar-refractivity contribution in [2.45, 2.75) is 47.6 Å². The van der Waals surface area contributed by atoms with E-state index in [1.165, 1.54) is 52.8 Å². The highest BCUT2D eigenvalue weighted by Crippen LogP contribution is 2.29. The molecule has 0 radical (unpaired) electrons. The molecule has 2 aromatic carbocycles. The first-order chi connectivity index (χ1) is 16.0. The molecule has 1 amide bonds. The van der Waals surface area contributed by atoms with Crippen molar-refractivity contribution in [1.82, 2.24) is 9.03 Å². The first-order valence-corrected chi connectivity index (χ1v) is 14.2. The minimum atomic E-state index is -3.92. The van der Waals surface area contributed by atoms with Crippen LogP contribution < -0.4 is 10.5 Å². The number of amides is 1. The van der Waals surface area contributed by atoms with Crippen LogP contribution in [0.1, 0.15) is 25.7 Å². The smallest absolute Gasteiger partial charge is 0.243 e. The molecule has 1 fully saturated rings. The third kappa shape index (κ3) is 6.80. The quantitative estimate of drug-likeness (QED) is 0.349. The van der Waals surface area contributed by atoms with E-state index in [9.17, 15) is 21.6 Å². The summed E-state index contributed by atoms with van der Waals surface area (Å²) < 4.78 is 56.2. The Balaban J connectivity index is 1.82. The highest BCUT2D eigenvalue weighted by Gasteiger charge is 2.40. The van der Waals surface area contributed by atoms with Gasteiger partial charge >= 0.3 is 0 Å². The molecule has 0 aromatic heterocycles. The van der Waals surface area contributed by atoms with Crippen LogP contribution >= 0.6 is 23.2 Å². The predicted octanol–water partition coefficient (Wildman–Crippen LogP) is 3.32. The molecule has 0 spiro atoms. The standard InChI is InChI=1S/C22H25Cl2N3O5S2/c23-16-6-10-20(11-7-16)33(29,30)26-18-14-19(4-2-1-3-5-22(25)28)27(15-18)34(31,32)21-12-8-17(24)9-13-21/h2,4,6-13,18-19,26H,1,3,5,14-15H2,(H2,25,28)/b4-2-/t18-,19-/m1/s1. The Morgan fingerprint density at radius 2 is 1.56 bits per heavy atom. The summed E-state index contributed by atoms with van der Waals surface area (Å²) in [4.78, 5) is 11.0. The number of sulfonamides is 2. The number of primary amides is 1. The lowest BCUT2D eigenvalue weighted by molar-refractivity contribution is -0.118. The van der Waals surface area contributed by atoms with Crippen LogP contribution in [0.5, 0.6) is 0 Å². The molecule has 1 heterocycles. The number of unbranched alkanes of at least 4 members (excludes halogenated alkanes) is 1. The number of rotatable bonds is 10. The lowest BCUT2D eigenvalue weighted by Gasteiger charge is -2.22. The Morgan fingerprint density at radius 3 is 2.12 bits per heavy atom. The van der Waals surface area contributed by atoms with Gasteiger partial charge in [0.25, 0.3) is 0 Å². The van der Waals surface area contributed by atoms with Crippen molar-refractivity contribution in [2.75, 3.05) is 6.54 Å². The first-order valence-electron chi connectivity index (χ1n) is 10.5. The third-order valence-electron chi connectivity index (χ3n) is 5.31. The van der Waals surface area contributed by atoms with Crippen molar-refractivity contribution in [2.24, 2.45) is 5.73 Å². The van der Waals surface area contributed by atoms with Gasteiger partial charge in [-0.25, -0.2) is 21.6 Å². The number of allylic oxidation sites excluding steroid dienone is 1. The van der Waals surface area contributed by atoms with Crippen LogP contribution in [0.25, 0.3) is 0 Å². The molecule has 8 nitrogen and oxygen atoms in total. The summed E-state index contributed by atoms with van der Waals surface area (Å²) in [6, 6.07) is 10.3. The van der Waals surface area contributed by atoms with E-state index in [2.05, 4.69) is 4.72 Å². The molecule has 3 rings (SSSR count). The summed E-state index contributed by atoms with van der Waals surface area (Å²) in [7, 11) is -7.81. The average molecular weight is 546 g/mol. The molecule has 1 aliphatic heterocycles. The zero-order valence-corrected chi connectivity index (χ0v) is 21.2. The largest absolute Gasteiger partial charge is 0.370 e. The van der Waals surface area contributed by atoms with Gasteiger partial charge in [-0.05, 0) is 67.8 Å². The molecule has 184 valence electrons. The number of nitrogens with zero attached hydrogens (tertiary/aromatic N) is 1. The molecule has 34 heavy (non-hydrogen) atoms. The monoisotopic (exact) mass is 545 g/mol. The topological polar surface area (TPSA) is 127 Å². The molecular formula is C22H25Cl2N3O5S2. The fourth-order valence-corrected chi connectivity index (χ4v) is 6.80. The molecule has 1 aliphatic rings. The van der Waals surface area contributed by atoms with E-state index in [1.807, 2.05) is 0 Å². The van der Waals surface area contributed by atoms with Gasteiger partial charge in [-0.1, -0.05) is 35.4 Å². The van der Waals surface area contributed by atoms with Crippen molar-refractivity contribution in [3.63, 3.8) is 0 Å². The van der Waals surface area contributed by atoms with Gasteiger partial charge in [0.15, 0.2) is 0 Å². The number of carbonyl (C=O) groups excluding carboxylic acids is 1. The van der Waals surface area contributed by atoms with Gasteiger partial charge < -0.3 is 5.73 Å². The van der Waals surface area contributed by atoms with E-state index in [4.69, 9.17) is 28.9 Å². The van der Waals surface area contributed by atoms with Crippen molar-refractivity contribution < 1.29 is 21.6 Å². The zero-order chi connectivity index (χ0) is 24.9. The molecule has 0 bridgehead atoms. The second kappa shape index (κ2) is 11.2. The maximum absolute atomic E-state index is 13.3. The number of nitrogens with one attached hydrogen (secondary N) is 1. The van der Waals surface area contributed by atoms with Crippen molar-refractivity contribution in [3.05, 3.63) is 70.7 Å². The number of benzene rings is 2. The number of halogens is 2. The maximum atomic E-state index is 13.3. The Labute approximate surface area is 209 Å². The van der Waals surface area contributed by atoms with Crippen LogP contribution in [0.4, 0.5) is 0 Å². The molecule has 0 unspecified atom stereocenters. The Bertz CT molecular complexity index is 1250. The van der Waals surface area contributed by atoms with Gasteiger partial charge in [-0.2, -0.15) is 4.31 Å². The van der Waals surface area contributed by atoms with Gasteiger partial charge in [-0.3, -0.25) is 4.79 Å². The molecule has 2 aromatic rings. The molecular weight excluding hydrogens is 521 g/mol. The Kier molecular flexibility index (Phi) is 8.77. The lowest BCUT2D eigenvalue weighted by atomic mass is 10.1. The van der Waals surface area contributed by atoms with Gasteiger partial charge in [-0.15, -0.1) is 0 Å². The Morgan fingerprint density at radius 1 is 1.00 bits per heavy atom. The first kappa shape index (κ1) is 26.7. The van der Waals surface area contributed by atoms with E-state index >= 15 is 0 Å². The van der Waals surface area contributed by atoms with Crippen molar-refractivity contribution >= 4 is 49.2 Å². The summed E-state index contributed by atoms with van der Waals surface area (Å²) in [6.07, 6.45) is 5.06. The second-order valence-electron chi connectivity index (χ2n) is 7.89. The van der Waals surface area contributed by atoms with Crippen LogP contribution in [-0.2, 0) is 24.8 Å². The molecule has 12 heteroatoms. The fourth-order valence-electron chi connectivity index (χ4n) is 3.66. The van der Waals surface area contributed by atoms with E-state index in [0.717, 1.165) is 0 Å². The molecule has 0 saturated carbocycles. The normalized spacial score (nSPS) is 19.6. The summed E-state index contributed by atoms with van der Waals surface area (Å²) >= 11 is 11.7. The van der Waals surface area contributed by atoms with Crippen LogP contribution in [0.2, 0.25) is 10.0 Å². The van der Waals surface area contributed by atoms with Crippen LogP contribution in [0, 0.1) is 0 Å². The number of hydrogen-bond acceptors (Lipinski definition) is 5. The summed E-state index contributed by atoms with van der Waals surface area (Å²) in [6.45, 7) is -0.0475. The molecule has 0 aliphatic carbocycles. The maximum Gasteiger partial charge on any atom is 0.243 e. The summed E-state index contributed by atoms with van der Waals surface area (Å²) in [5, 5.41) is 0.807. The summed E-state index contributed by atoms with van der Waals surface area (Å²) in [5.74, 6) is -0.405. The van der Waals surface area contributed by atoms with E-state index < -0.39 is 38.0 Å². The molecule has 3 N–H and O–H groups in total. The highest BCUT2D eigenvalue weighted by molar-refractivity contribution is 7.89. The summed E-state index contributed by atoms with van der Waals surface area (Å²) in [5.41, 5.74) is 5.15. The Hall–Kier alpha value is -1.95. The van der Waals surface area contributed by atoms with Crippen LogP contribution in [0.15, 0.2) is 70.5 Å². The molecule has 1 saturated heterocycles. The highest BCUT2D eigenvalue weighted by atomic mass is 35.5. The predicted molar refractivity (Wildman–Crippen MR) is 131 cm³/mol. The minimum Gasteiger partial charge on any atom is -0.370 e. The van der Waals surface area contributed by atoms with Crippen molar-refractivity contribution in [1.29, 1.82) is 0 Å². The number of hydrogen-bond donors (Lipinski definition) is 2. The number of nitrogens with two attached hydrogens (primary N) is 1. The fraction of sp³-hybridized carbons (Fsp3) is 0.318. The average Bonchev–Trinajstić information content (AvgIpc) is 3.16. The van der Waals surface area contributed by atoms with Crippen LogP contribution in [-0.4, -0.2) is 45.7 Å². The van der Waals surface area contributed by atoms with Crippen LogP contribution in [0.3, 0.4) is 0 Å². The zero-order valence-electron chi connectivity index (χ0n) is 18.1. The lowest BCUT2D eigenvalue weighted by Crippen LogP contribution is -2.39. The van der Waals surface area contributed by atoms with Gasteiger partial charge in [0.1, 0.15) is 0 Å². The number of carbonyl (C=O) groups is 1. The third-order valence-corrected chi connectivity index (χ3v) is 9.26. The van der Waals surface area contributed by atoms with E-state index in [0.29, 0.717) is 22.9 Å². The minimum absolute atomic E-state index is 0.0365. The SMILES string of the molecule is NC(=O)CCC/C=C\[C@@H]1C[C@@H](NS(=O)(=O)c2ccc(Cl)cc2)CN1S(=O)(=O)c1ccc(Cl)cc1.